The van der Waals surface area contributed by atoms with Gasteiger partial charge in [-0.2, -0.15) is 4.98 Å². The van der Waals surface area contributed by atoms with E-state index in [0.717, 1.165) is 12.1 Å². The van der Waals surface area contributed by atoms with Gasteiger partial charge in [-0.15, -0.1) is 0 Å². The molecule has 1 N–H and O–H groups in total. The van der Waals surface area contributed by atoms with E-state index in [9.17, 15) is 0 Å². The Balaban J connectivity index is 1.83. The normalized spacial score (nSPS) is 22.3. The van der Waals surface area contributed by atoms with Gasteiger partial charge in [0.15, 0.2) is 0 Å². The molecule has 5 nitrogen and oxygen atoms in total. The summed E-state index contributed by atoms with van der Waals surface area (Å²) < 4.78 is 10.9. The summed E-state index contributed by atoms with van der Waals surface area (Å²) in [6, 6.07) is 7.65. The first kappa shape index (κ1) is 13.5. The van der Waals surface area contributed by atoms with Gasteiger partial charge >= 0.3 is 0 Å². The zero-order valence-corrected chi connectivity index (χ0v) is 11.9. The molecule has 1 fully saturated rings. The van der Waals surface area contributed by atoms with Crippen molar-refractivity contribution < 1.29 is 9.26 Å². The van der Waals surface area contributed by atoms with Crippen molar-refractivity contribution >= 4 is 11.6 Å². The number of rotatable bonds is 4. The van der Waals surface area contributed by atoms with Crippen molar-refractivity contribution in [3.63, 3.8) is 0 Å². The van der Waals surface area contributed by atoms with Gasteiger partial charge in [-0.1, -0.05) is 35.8 Å². The van der Waals surface area contributed by atoms with Crippen LogP contribution in [0.5, 0.6) is 0 Å². The van der Waals surface area contributed by atoms with E-state index in [0.29, 0.717) is 30.0 Å². The van der Waals surface area contributed by atoms with E-state index in [4.69, 9.17) is 20.9 Å². The highest BCUT2D eigenvalue weighted by Gasteiger charge is 2.33. The van der Waals surface area contributed by atoms with Crippen molar-refractivity contribution in [2.75, 3.05) is 19.8 Å². The van der Waals surface area contributed by atoms with Crippen LogP contribution in [0.4, 0.5) is 0 Å². The SMILES string of the molecule is CCNC1COCC1c1nc(-c2cccc(Cl)c2)no1. The van der Waals surface area contributed by atoms with Gasteiger partial charge in [0.1, 0.15) is 0 Å². The number of aromatic nitrogens is 2. The van der Waals surface area contributed by atoms with Crippen molar-refractivity contribution in [2.24, 2.45) is 0 Å². The van der Waals surface area contributed by atoms with Crippen LogP contribution in [0.15, 0.2) is 28.8 Å². The molecule has 6 heteroatoms. The molecule has 2 atom stereocenters. The number of hydrogen-bond donors (Lipinski definition) is 1. The minimum atomic E-state index is 0.107. The second-order valence-corrected chi connectivity index (χ2v) is 5.21. The first-order chi connectivity index (χ1) is 9.78. The van der Waals surface area contributed by atoms with E-state index in [1.165, 1.54) is 0 Å². The molecule has 1 aliphatic heterocycles. The van der Waals surface area contributed by atoms with Crippen LogP contribution in [0.1, 0.15) is 18.7 Å². The summed E-state index contributed by atoms with van der Waals surface area (Å²) in [6.45, 7) is 4.24. The molecule has 1 aliphatic rings. The smallest absolute Gasteiger partial charge is 0.234 e. The average molecular weight is 294 g/mol. The summed E-state index contributed by atoms with van der Waals surface area (Å²) in [4.78, 5) is 4.48. The highest BCUT2D eigenvalue weighted by molar-refractivity contribution is 6.30. The van der Waals surface area contributed by atoms with E-state index in [2.05, 4.69) is 22.4 Å². The first-order valence-corrected chi connectivity index (χ1v) is 7.06. The van der Waals surface area contributed by atoms with Crippen LogP contribution in [0.3, 0.4) is 0 Å². The fourth-order valence-electron chi connectivity index (χ4n) is 2.39. The van der Waals surface area contributed by atoms with Crippen LogP contribution in [0.2, 0.25) is 5.02 Å². The maximum absolute atomic E-state index is 5.98. The van der Waals surface area contributed by atoms with E-state index in [1.807, 2.05) is 24.3 Å². The molecule has 0 amide bonds. The molecule has 2 heterocycles. The summed E-state index contributed by atoms with van der Waals surface area (Å²) >= 11 is 5.98. The van der Waals surface area contributed by atoms with Crippen molar-refractivity contribution in [3.05, 3.63) is 35.2 Å². The molecule has 20 heavy (non-hydrogen) atoms. The second kappa shape index (κ2) is 5.91. The summed E-state index contributed by atoms with van der Waals surface area (Å²) in [5, 5.41) is 8.07. The van der Waals surface area contributed by atoms with Crippen LogP contribution in [0.25, 0.3) is 11.4 Å². The molecule has 0 radical (unpaired) electrons. The lowest BCUT2D eigenvalue weighted by Gasteiger charge is -2.13. The number of halogens is 1. The van der Waals surface area contributed by atoms with Crippen LogP contribution in [0, 0.1) is 0 Å². The highest BCUT2D eigenvalue weighted by Crippen LogP contribution is 2.27. The van der Waals surface area contributed by atoms with Crippen LogP contribution in [-0.2, 0) is 4.74 Å². The monoisotopic (exact) mass is 293 g/mol. The lowest BCUT2D eigenvalue weighted by molar-refractivity contribution is 0.185. The van der Waals surface area contributed by atoms with E-state index < -0.39 is 0 Å². The number of hydrogen-bond acceptors (Lipinski definition) is 5. The van der Waals surface area contributed by atoms with E-state index in [1.54, 1.807) is 0 Å². The Bertz CT molecular complexity index is 587. The largest absolute Gasteiger partial charge is 0.379 e. The fraction of sp³-hybridized carbons (Fsp3) is 0.429. The molecular weight excluding hydrogens is 278 g/mol. The Kier molecular flexibility index (Phi) is 4.00. The maximum Gasteiger partial charge on any atom is 0.234 e. The third-order valence-corrected chi connectivity index (χ3v) is 3.62. The number of benzene rings is 1. The van der Waals surface area contributed by atoms with Gasteiger partial charge in [0.2, 0.25) is 11.7 Å². The van der Waals surface area contributed by atoms with Crippen molar-refractivity contribution in [1.29, 1.82) is 0 Å². The Morgan fingerprint density at radius 2 is 2.30 bits per heavy atom. The fourth-order valence-corrected chi connectivity index (χ4v) is 2.58. The highest BCUT2D eigenvalue weighted by atomic mass is 35.5. The molecule has 0 spiro atoms. The molecule has 2 aromatic rings. The molecule has 1 saturated heterocycles. The molecule has 106 valence electrons. The zero-order valence-electron chi connectivity index (χ0n) is 11.2. The van der Waals surface area contributed by atoms with Crippen LogP contribution in [-0.4, -0.2) is 35.9 Å². The summed E-state index contributed by atoms with van der Waals surface area (Å²) in [5.74, 6) is 1.28. The number of nitrogens with one attached hydrogen (secondary N) is 1. The Morgan fingerprint density at radius 1 is 1.40 bits per heavy atom. The van der Waals surface area contributed by atoms with Gasteiger partial charge in [-0.25, -0.2) is 0 Å². The Hall–Kier alpha value is -1.43. The lowest BCUT2D eigenvalue weighted by atomic mass is 10.0. The van der Waals surface area contributed by atoms with E-state index >= 15 is 0 Å². The maximum atomic E-state index is 5.98. The van der Waals surface area contributed by atoms with Gasteiger partial charge in [0.25, 0.3) is 0 Å². The first-order valence-electron chi connectivity index (χ1n) is 6.68. The quantitative estimate of drug-likeness (QED) is 0.938. The van der Waals surface area contributed by atoms with Gasteiger partial charge in [0.05, 0.1) is 19.1 Å². The van der Waals surface area contributed by atoms with Crippen LogP contribution < -0.4 is 5.32 Å². The zero-order chi connectivity index (χ0) is 13.9. The topological polar surface area (TPSA) is 60.2 Å². The third kappa shape index (κ3) is 2.70. The van der Waals surface area contributed by atoms with Crippen molar-refractivity contribution in [1.82, 2.24) is 15.5 Å². The van der Waals surface area contributed by atoms with Crippen molar-refractivity contribution in [3.8, 4) is 11.4 Å². The molecule has 0 aliphatic carbocycles. The molecule has 0 bridgehead atoms. The van der Waals surface area contributed by atoms with E-state index in [-0.39, 0.29) is 12.0 Å². The Morgan fingerprint density at radius 3 is 3.10 bits per heavy atom. The molecule has 0 saturated carbocycles. The molecule has 1 aromatic heterocycles. The number of likely N-dealkylation sites (N-methyl/N-ethyl adjacent to an activating group) is 1. The minimum Gasteiger partial charge on any atom is -0.379 e. The third-order valence-electron chi connectivity index (χ3n) is 3.39. The van der Waals surface area contributed by atoms with Gasteiger partial charge in [0, 0.05) is 16.6 Å². The predicted octanol–water partition coefficient (Wildman–Crippen LogP) is 2.48. The number of ether oxygens (including phenoxy) is 1. The predicted molar refractivity (Wildman–Crippen MR) is 75.8 cm³/mol. The van der Waals surface area contributed by atoms with Crippen LogP contribution >= 0.6 is 11.6 Å². The summed E-state index contributed by atoms with van der Waals surface area (Å²) in [7, 11) is 0. The average Bonchev–Trinajstić information content (AvgIpc) is 3.07. The molecule has 3 rings (SSSR count). The molecular formula is C14H16ClN3O2. The van der Waals surface area contributed by atoms with Gasteiger partial charge in [-0.05, 0) is 18.7 Å². The lowest BCUT2D eigenvalue weighted by Crippen LogP contribution is -2.34. The molecule has 2 unspecified atom stereocenters. The summed E-state index contributed by atoms with van der Waals surface area (Å²) in [6.07, 6.45) is 0. The van der Waals surface area contributed by atoms with Gasteiger partial charge in [-0.3, -0.25) is 0 Å². The number of nitrogens with zero attached hydrogens (tertiary/aromatic N) is 2. The Labute approximate surface area is 122 Å². The minimum absolute atomic E-state index is 0.107. The second-order valence-electron chi connectivity index (χ2n) is 4.77. The standard InChI is InChI=1S/C14H16ClN3O2/c1-2-16-12-8-19-7-11(12)14-17-13(18-20-14)9-4-3-5-10(15)6-9/h3-6,11-12,16H,2,7-8H2,1H3. The molecule has 1 aromatic carbocycles. The van der Waals surface area contributed by atoms with Gasteiger partial charge < -0.3 is 14.6 Å². The van der Waals surface area contributed by atoms with Crippen molar-refractivity contribution in [2.45, 2.75) is 18.9 Å². The summed E-state index contributed by atoms with van der Waals surface area (Å²) in [5.41, 5.74) is 0.853.